The zero-order chi connectivity index (χ0) is 17.1. The summed E-state index contributed by atoms with van der Waals surface area (Å²) in [5.74, 6) is 0.146. The van der Waals surface area contributed by atoms with Gasteiger partial charge < -0.3 is 10.3 Å². The Labute approximate surface area is 139 Å². The van der Waals surface area contributed by atoms with Crippen molar-refractivity contribution in [3.05, 3.63) is 69.8 Å². The molecule has 24 heavy (non-hydrogen) atoms. The lowest BCUT2D eigenvalue weighted by molar-refractivity contribution is -0.115. The van der Waals surface area contributed by atoms with E-state index in [-0.39, 0.29) is 17.9 Å². The van der Waals surface area contributed by atoms with Gasteiger partial charge in [0.25, 0.3) is 5.56 Å². The smallest absolute Gasteiger partial charge is 0.258 e. The molecular formula is C19H19N3O2. The monoisotopic (exact) mass is 321 g/mol. The summed E-state index contributed by atoms with van der Waals surface area (Å²) >= 11 is 0. The lowest BCUT2D eigenvalue weighted by atomic mass is 10.1. The quantitative estimate of drug-likeness (QED) is 0.776. The predicted molar refractivity (Wildman–Crippen MR) is 95.3 cm³/mol. The molecule has 0 unspecified atom stereocenters. The zero-order valence-electron chi connectivity index (χ0n) is 13.7. The van der Waals surface area contributed by atoms with Crippen molar-refractivity contribution in [2.75, 3.05) is 5.32 Å². The van der Waals surface area contributed by atoms with E-state index in [9.17, 15) is 9.59 Å². The van der Waals surface area contributed by atoms with Gasteiger partial charge in [-0.2, -0.15) is 0 Å². The van der Waals surface area contributed by atoms with Gasteiger partial charge in [-0.1, -0.05) is 30.7 Å². The lowest BCUT2D eigenvalue weighted by Crippen LogP contribution is -2.19. The summed E-state index contributed by atoms with van der Waals surface area (Å²) in [6, 6.07) is 13.2. The van der Waals surface area contributed by atoms with Gasteiger partial charge in [-0.15, -0.1) is 0 Å². The van der Waals surface area contributed by atoms with Crippen LogP contribution in [0.1, 0.15) is 23.9 Å². The number of carbonyl (C=O) groups is 1. The summed E-state index contributed by atoms with van der Waals surface area (Å²) in [6.45, 7) is 4.02. The van der Waals surface area contributed by atoms with Crippen molar-refractivity contribution in [3.8, 4) is 0 Å². The van der Waals surface area contributed by atoms with Crippen LogP contribution >= 0.6 is 0 Å². The van der Waals surface area contributed by atoms with E-state index in [1.54, 1.807) is 0 Å². The molecule has 0 atom stereocenters. The fourth-order valence-electron chi connectivity index (χ4n) is 2.53. The van der Waals surface area contributed by atoms with Crippen molar-refractivity contribution in [2.24, 2.45) is 0 Å². The highest BCUT2D eigenvalue weighted by Crippen LogP contribution is 2.12. The number of fused-ring (bicyclic) bond motifs is 1. The largest absolute Gasteiger partial charge is 0.326 e. The molecule has 0 aliphatic heterocycles. The topological polar surface area (TPSA) is 74.8 Å². The van der Waals surface area contributed by atoms with E-state index in [0.29, 0.717) is 16.7 Å². The predicted octanol–water partition coefficient (Wildman–Crippen LogP) is 2.98. The molecule has 122 valence electrons. The van der Waals surface area contributed by atoms with Crippen LogP contribution in [0.15, 0.2) is 47.3 Å². The second-order valence-corrected chi connectivity index (χ2v) is 5.81. The molecule has 0 fully saturated rings. The van der Waals surface area contributed by atoms with Crippen LogP contribution in [0.2, 0.25) is 0 Å². The summed E-state index contributed by atoms with van der Waals surface area (Å²) in [6.07, 6.45) is 0.880. The standard InChI is InChI=1S/C19H19N3O2/c1-3-13-6-9-16-15(10-13)19(24)22-17(21-16)11-18(23)20-14-7-4-12(2)5-8-14/h4-10H,3,11H2,1-2H3,(H,20,23)(H,21,22,24). The number of H-pyrrole nitrogens is 1. The molecule has 2 aromatic carbocycles. The second kappa shape index (κ2) is 6.66. The van der Waals surface area contributed by atoms with Crippen molar-refractivity contribution in [1.82, 2.24) is 9.97 Å². The number of rotatable bonds is 4. The Morgan fingerprint density at radius 2 is 1.92 bits per heavy atom. The summed E-state index contributed by atoms with van der Waals surface area (Å²) in [4.78, 5) is 31.4. The van der Waals surface area contributed by atoms with Gasteiger partial charge in [0.05, 0.1) is 17.3 Å². The molecule has 0 radical (unpaired) electrons. The maximum atomic E-state index is 12.2. The molecule has 3 rings (SSSR count). The molecule has 1 amide bonds. The highest BCUT2D eigenvalue weighted by atomic mass is 16.1. The maximum Gasteiger partial charge on any atom is 0.258 e. The van der Waals surface area contributed by atoms with E-state index in [1.807, 2.05) is 56.3 Å². The molecule has 0 saturated heterocycles. The van der Waals surface area contributed by atoms with E-state index in [0.717, 1.165) is 23.2 Å². The normalized spacial score (nSPS) is 10.8. The number of benzene rings is 2. The Morgan fingerprint density at radius 1 is 1.17 bits per heavy atom. The first kappa shape index (κ1) is 15.9. The van der Waals surface area contributed by atoms with Gasteiger partial charge >= 0.3 is 0 Å². The van der Waals surface area contributed by atoms with Crippen LogP contribution in [0.4, 0.5) is 5.69 Å². The van der Waals surface area contributed by atoms with Crippen LogP contribution in [0, 0.1) is 6.92 Å². The van der Waals surface area contributed by atoms with Crippen LogP contribution in [0.5, 0.6) is 0 Å². The van der Waals surface area contributed by atoms with E-state index in [4.69, 9.17) is 0 Å². The van der Waals surface area contributed by atoms with Gasteiger partial charge in [-0.05, 0) is 43.2 Å². The molecular weight excluding hydrogens is 302 g/mol. The molecule has 1 aromatic heterocycles. The molecule has 3 aromatic rings. The fraction of sp³-hybridized carbons (Fsp3) is 0.211. The number of hydrogen-bond acceptors (Lipinski definition) is 3. The van der Waals surface area contributed by atoms with E-state index < -0.39 is 0 Å². The number of aromatic amines is 1. The number of carbonyl (C=O) groups excluding carboxylic acids is 1. The van der Waals surface area contributed by atoms with Gasteiger partial charge in [0.15, 0.2) is 0 Å². The van der Waals surface area contributed by atoms with Gasteiger partial charge in [0, 0.05) is 5.69 Å². The SMILES string of the molecule is CCc1ccc2nc(CC(=O)Nc3ccc(C)cc3)[nH]c(=O)c2c1. The second-order valence-electron chi connectivity index (χ2n) is 5.81. The lowest BCUT2D eigenvalue weighted by Gasteiger charge is -2.06. The average molecular weight is 321 g/mol. The third-order valence-corrected chi connectivity index (χ3v) is 3.89. The van der Waals surface area contributed by atoms with Crippen LogP contribution < -0.4 is 10.9 Å². The summed E-state index contributed by atoms with van der Waals surface area (Å²) in [7, 11) is 0. The Balaban J connectivity index is 1.80. The minimum absolute atomic E-state index is 0.0224. The molecule has 1 heterocycles. The van der Waals surface area contributed by atoms with E-state index >= 15 is 0 Å². The Bertz CT molecular complexity index is 943. The average Bonchev–Trinajstić information content (AvgIpc) is 2.56. The number of nitrogens with one attached hydrogen (secondary N) is 2. The highest BCUT2D eigenvalue weighted by Gasteiger charge is 2.09. The van der Waals surface area contributed by atoms with E-state index in [2.05, 4.69) is 15.3 Å². The van der Waals surface area contributed by atoms with Crippen LogP contribution in [0.25, 0.3) is 10.9 Å². The molecule has 0 aliphatic carbocycles. The van der Waals surface area contributed by atoms with Crippen molar-refractivity contribution in [3.63, 3.8) is 0 Å². The minimum Gasteiger partial charge on any atom is -0.326 e. The molecule has 2 N–H and O–H groups in total. The Morgan fingerprint density at radius 3 is 2.62 bits per heavy atom. The highest BCUT2D eigenvalue weighted by molar-refractivity contribution is 5.92. The molecule has 0 aliphatic rings. The van der Waals surface area contributed by atoms with Crippen molar-refractivity contribution in [2.45, 2.75) is 26.7 Å². The first-order valence-corrected chi connectivity index (χ1v) is 7.93. The Kier molecular flexibility index (Phi) is 4.42. The summed E-state index contributed by atoms with van der Waals surface area (Å²) in [5.41, 5.74) is 3.32. The van der Waals surface area contributed by atoms with Crippen molar-refractivity contribution >= 4 is 22.5 Å². The zero-order valence-corrected chi connectivity index (χ0v) is 13.7. The minimum atomic E-state index is -0.216. The van der Waals surface area contributed by atoms with E-state index in [1.165, 1.54) is 0 Å². The first-order valence-electron chi connectivity index (χ1n) is 7.93. The van der Waals surface area contributed by atoms with Gasteiger partial charge in [0.2, 0.25) is 5.91 Å². The fourth-order valence-corrected chi connectivity index (χ4v) is 2.53. The third kappa shape index (κ3) is 3.51. The van der Waals surface area contributed by atoms with Crippen molar-refractivity contribution < 1.29 is 4.79 Å². The third-order valence-electron chi connectivity index (χ3n) is 3.89. The molecule has 0 saturated carbocycles. The summed E-state index contributed by atoms with van der Waals surface area (Å²) < 4.78 is 0. The first-order chi connectivity index (χ1) is 11.5. The van der Waals surface area contributed by atoms with Gasteiger partial charge in [-0.25, -0.2) is 4.98 Å². The molecule has 0 spiro atoms. The van der Waals surface area contributed by atoms with Gasteiger partial charge in [-0.3, -0.25) is 9.59 Å². The molecule has 5 heteroatoms. The van der Waals surface area contributed by atoms with Crippen molar-refractivity contribution in [1.29, 1.82) is 0 Å². The van der Waals surface area contributed by atoms with Crippen LogP contribution in [-0.2, 0) is 17.6 Å². The number of aromatic nitrogens is 2. The number of amides is 1. The molecule has 0 bridgehead atoms. The Hall–Kier alpha value is -2.95. The summed E-state index contributed by atoms with van der Waals surface area (Å²) in [5, 5.41) is 3.36. The van der Waals surface area contributed by atoms with Crippen LogP contribution in [0.3, 0.4) is 0 Å². The number of aryl methyl sites for hydroxylation is 2. The van der Waals surface area contributed by atoms with Crippen LogP contribution in [-0.4, -0.2) is 15.9 Å². The number of anilines is 1. The number of hydrogen-bond donors (Lipinski definition) is 2. The number of nitrogens with zero attached hydrogens (tertiary/aromatic N) is 1. The molecule has 5 nitrogen and oxygen atoms in total. The van der Waals surface area contributed by atoms with Gasteiger partial charge in [0.1, 0.15) is 5.82 Å². The maximum absolute atomic E-state index is 12.2.